The third-order valence-corrected chi connectivity index (χ3v) is 4.80. The molecule has 4 heteroatoms. The van der Waals surface area contributed by atoms with Gasteiger partial charge in [0.15, 0.2) is 5.25 Å². The van der Waals surface area contributed by atoms with Crippen LogP contribution in [0.15, 0.2) is 48.5 Å². The van der Waals surface area contributed by atoms with Crippen molar-refractivity contribution in [1.29, 1.82) is 0 Å². The first-order chi connectivity index (χ1) is 9.97. The molecule has 0 aliphatic rings. The Morgan fingerprint density at radius 2 is 1.67 bits per heavy atom. The molecule has 0 heterocycles. The van der Waals surface area contributed by atoms with E-state index in [0.29, 0.717) is 5.56 Å². The molecule has 2 atom stereocenters. The topological polar surface area (TPSA) is 54.4 Å². The number of carbonyl (C=O) groups is 1. The average molecular weight is 302 g/mol. The van der Waals surface area contributed by atoms with Gasteiger partial charge < -0.3 is 5.11 Å². The van der Waals surface area contributed by atoms with Crippen LogP contribution in [0, 0.1) is 13.8 Å². The molecular weight excluding hydrogens is 284 g/mol. The zero-order valence-corrected chi connectivity index (χ0v) is 12.9. The molecule has 0 saturated carbocycles. The third kappa shape index (κ3) is 4.02. The van der Waals surface area contributed by atoms with Crippen LogP contribution in [0.2, 0.25) is 0 Å². The Morgan fingerprint density at radius 3 is 2.19 bits per heavy atom. The molecule has 0 spiro atoms. The fourth-order valence-corrected chi connectivity index (χ4v) is 3.78. The molecule has 0 aliphatic carbocycles. The second-order valence-corrected chi connectivity index (χ2v) is 6.67. The summed E-state index contributed by atoms with van der Waals surface area (Å²) in [6.07, 6.45) is 0. The van der Waals surface area contributed by atoms with Crippen LogP contribution < -0.4 is 0 Å². The van der Waals surface area contributed by atoms with Gasteiger partial charge in [0.05, 0.1) is 0 Å². The second-order valence-electron chi connectivity index (χ2n) is 5.15. The van der Waals surface area contributed by atoms with Crippen LogP contribution in [-0.2, 0) is 21.3 Å². The smallest absolute Gasteiger partial charge is 0.323 e. The number of benzene rings is 2. The number of hydrogen-bond acceptors (Lipinski definition) is 2. The fraction of sp³-hybridized carbons (Fsp3) is 0.235. The van der Waals surface area contributed by atoms with Gasteiger partial charge in [-0.1, -0.05) is 59.7 Å². The summed E-state index contributed by atoms with van der Waals surface area (Å²) < 4.78 is 12.5. The van der Waals surface area contributed by atoms with Crippen molar-refractivity contribution in [2.45, 2.75) is 24.9 Å². The van der Waals surface area contributed by atoms with Crippen molar-refractivity contribution >= 4 is 16.8 Å². The highest BCUT2D eigenvalue weighted by atomic mass is 32.2. The van der Waals surface area contributed by atoms with Crippen molar-refractivity contribution in [2.24, 2.45) is 0 Å². The van der Waals surface area contributed by atoms with Gasteiger partial charge in [0.2, 0.25) is 0 Å². The highest BCUT2D eigenvalue weighted by molar-refractivity contribution is 7.85. The first-order valence-electron chi connectivity index (χ1n) is 6.69. The first kappa shape index (κ1) is 15.4. The van der Waals surface area contributed by atoms with Crippen LogP contribution in [0.3, 0.4) is 0 Å². The molecule has 0 saturated heterocycles. The van der Waals surface area contributed by atoms with Crippen LogP contribution in [-0.4, -0.2) is 15.3 Å². The average Bonchev–Trinajstić information content (AvgIpc) is 2.38. The van der Waals surface area contributed by atoms with Crippen molar-refractivity contribution < 1.29 is 14.1 Å². The largest absolute Gasteiger partial charge is 0.480 e. The number of carboxylic acid groups (broad SMARTS) is 1. The Kier molecular flexibility index (Phi) is 4.91. The Labute approximate surface area is 127 Å². The highest BCUT2D eigenvalue weighted by Crippen LogP contribution is 2.23. The van der Waals surface area contributed by atoms with Gasteiger partial charge in [-0.2, -0.15) is 0 Å². The molecule has 2 rings (SSSR count). The summed E-state index contributed by atoms with van der Waals surface area (Å²) in [7, 11) is -1.51. The summed E-state index contributed by atoms with van der Waals surface area (Å²) in [5, 5.41) is 8.40. The number of aliphatic carboxylic acids is 1. The van der Waals surface area contributed by atoms with E-state index in [0.717, 1.165) is 16.7 Å². The second kappa shape index (κ2) is 6.68. The standard InChI is InChI=1S/C17H18O3S/c1-12-8-13(2)10-14(9-12)11-21(20)16(17(18)19)15-6-4-3-5-7-15/h3-10,16H,11H2,1-2H3,(H,18,19). The van der Waals surface area contributed by atoms with Gasteiger partial charge in [-0.05, 0) is 25.0 Å². The summed E-state index contributed by atoms with van der Waals surface area (Å²) in [6, 6.07) is 14.7. The summed E-state index contributed by atoms with van der Waals surface area (Å²) in [5.41, 5.74) is 3.67. The van der Waals surface area contributed by atoms with Crippen molar-refractivity contribution in [3.8, 4) is 0 Å². The van der Waals surface area contributed by atoms with Crippen LogP contribution in [0.1, 0.15) is 27.5 Å². The van der Waals surface area contributed by atoms with Crippen LogP contribution in [0.4, 0.5) is 0 Å². The Bertz CT molecular complexity index is 645. The van der Waals surface area contributed by atoms with Crippen molar-refractivity contribution in [1.82, 2.24) is 0 Å². The Morgan fingerprint density at radius 1 is 1.10 bits per heavy atom. The minimum atomic E-state index is -1.51. The quantitative estimate of drug-likeness (QED) is 0.921. The lowest BCUT2D eigenvalue weighted by molar-refractivity contribution is -0.136. The first-order valence-corrected chi connectivity index (χ1v) is 8.07. The van der Waals surface area contributed by atoms with E-state index >= 15 is 0 Å². The Balaban J connectivity index is 2.26. The molecule has 0 fully saturated rings. The summed E-state index contributed by atoms with van der Waals surface area (Å²) >= 11 is 0. The van der Waals surface area contributed by atoms with E-state index in [1.54, 1.807) is 24.3 Å². The molecule has 0 amide bonds. The van der Waals surface area contributed by atoms with Gasteiger partial charge >= 0.3 is 5.97 Å². The van der Waals surface area contributed by atoms with Crippen LogP contribution in [0.25, 0.3) is 0 Å². The summed E-state index contributed by atoms with van der Waals surface area (Å²) in [5.74, 6) is -0.808. The van der Waals surface area contributed by atoms with Gasteiger partial charge in [-0.15, -0.1) is 0 Å². The molecule has 2 unspecified atom stereocenters. The van der Waals surface area contributed by atoms with Gasteiger partial charge in [0.25, 0.3) is 0 Å². The molecule has 2 aromatic rings. The molecule has 0 radical (unpaired) electrons. The zero-order chi connectivity index (χ0) is 15.4. The lowest BCUT2D eigenvalue weighted by atomic mass is 10.1. The van der Waals surface area contributed by atoms with Gasteiger partial charge in [0, 0.05) is 16.6 Å². The minimum absolute atomic E-state index is 0.244. The third-order valence-electron chi connectivity index (χ3n) is 3.18. The van der Waals surface area contributed by atoms with E-state index in [9.17, 15) is 14.1 Å². The minimum Gasteiger partial charge on any atom is -0.480 e. The van der Waals surface area contributed by atoms with Gasteiger partial charge in [-0.3, -0.25) is 9.00 Å². The van der Waals surface area contributed by atoms with E-state index in [1.807, 2.05) is 38.1 Å². The fourth-order valence-electron chi connectivity index (χ4n) is 2.43. The summed E-state index contributed by atoms with van der Waals surface area (Å²) in [4.78, 5) is 11.5. The maximum atomic E-state index is 12.5. The molecule has 110 valence electrons. The van der Waals surface area contributed by atoms with Gasteiger partial charge in [-0.25, -0.2) is 0 Å². The lowest BCUT2D eigenvalue weighted by Crippen LogP contribution is -2.18. The van der Waals surface area contributed by atoms with E-state index in [2.05, 4.69) is 0 Å². The van der Waals surface area contributed by atoms with E-state index in [1.165, 1.54) is 0 Å². The molecule has 0 bridgehead atoms. The molecule has 21 heavy (non-hydrogen) atoms. The SMILES string of the molecule is Cc1cc(C)cc(CS(=O)C(C(=O)O)c2ccccc2)c1. The number of hydrogen-bond donors (Lipinski definition) is 1. The molecule has 3 nitrogen and oxygen atoms in total. The van der Waals surface area contributed by atoms with Crippen molar-refractivity contribution in [3.05, 3.63) is 70.8 Å². The van der Waals surface area contributed by atoms with Crippen LogP contribution >= 0.6 is 0 Å². The maximum absolute atomic E-state index is 12.5. The Hall–Kier alpha value is -1.94. The van der Waals surface area contributed by atoms with Gasteiger partial charge in [0.1, 0.15) is 0 Å². The van der Waals surface area contributed by atoms with Crippen molar-refractivity contribution in [2.75, 3.05) is 0 Å². The number of aryl methyl sites for hydroxylation is 2. The molecule has 2 aromatic carbocycles. The summed E-state index contributed by atoms with van der Waals surface area (Å²) in [6.45, 7) is 3.95. The highest BCUT2D eigenvalue weighted by Gasteiger charge is 2.26. The zero-order valence-electron chi connectivity index (χ0n) is 12.1. The number of rotatable bonds is 5. The van der Waals surface area contributed by atoms with E-state index in [4.69, 9.17) is 0 Å². The molecular formula is C17H18O3S. The monoisotopic (exact) mass is 302 g/mol. The molecule has 1 N–H and O–H groups in total. The van der Waals surface area contributed by atoms with Crippen molar-refractivity contribution in [3.63, 3.8) is 0 Å². The van der Waals surface area contributed by atoms with E-state index < -0.39 is 22.0 Å². The van der Waals surface area contributed by atoms with E-state index in [-0.39, 0.29) is 5.75 Å². The molecule has 0 aromatic heterocycles. The normalized spacial score (nSPS) is 13.6. The predicted molar refractivity (Wildman–Crippen MR) is 84.6 cm³/mol. The lowest BCUT2D eigenvalue weighted by Gasteiger charge is -2.13. The maximum Gasteiger partial charge on any atom is 0.323 e. The molecule has 0 aliphatic heterocycles. The van der Waals surface area contributed by atoms with Crippen LogP contribution in [0.5, 0.6) is 0 Å². The predicted octanol–water partition coefficient (Wildman–Crippen LogP) is 3.38. The number of carboxylic acids is 1.